The van der Waals surface area contributed by atoms with Gasteiger partial charge >= 0.3 is 6.18 Å². The number of halogens is 4. The van der Waals surface area contributed by atoms with E-state index in [4.69, 9.17) is 4.74 Å². The predicted molar refractivity (Wildman–Crippen MR) is 97.2 cm³/mol. The van der Waals surface area contributed by atoms with E-state index in [1.807, 2.05) is 6.92 Å². The minimum absolute atomic E-state index is 0.165. The van der Waals surface area contributed by atoms with E-state index < -0.39 is 30.1 Å². The van der Waals surface area contributed by atoms with Gasteiger partial charge in [-0.1, -0.05) is 6.07 Å². The standard InChI is InChI=1S/C20H19F4N3O2/c1-11-4-7-15(25-10-11)16(28)8-13-5-6-14(21)18(26-13)19(3)9-17(20(22,23)24)29-12(2)27-19/h4-7,10,17H,8-9H2,1-3H3/t17-,19-/m0/s1. The van der Waals surface area contributed by atoms with Crippen molar-refractivity contribution in [3.05, 3.63) is 58.9 Å². The zero-order chi connectivity index (χ0) is 21.4. The third-order valence-electron chi connectivity index (χ3n) is 4.62. The molecule has 2 aromatic rings. The molecule has 0 saturated heterocycles. The highest BCUT2D eigenvalue weighted by molar-refractivity contribution is 5.95. The van der Waals surface area contributed by atoms with Crippen LogP contribution >= 0.6 is 0 Å². The molecule has 3 rings (SSSR count). The van der Waals surface area contributed by atoms with Gasteiger partial charge in [-0.05, 0) is 37.6 Å². The average molecular weight is 409 g/mol. The van der Waals surface area contributed by atoms with Gasteiger partial charge in [-0.3, -0.25) is 14.8 Å². The normalized spacial score (nSPS) is 22.0. The molecular formula is C20H19F4N3O2. The second-order valence-corrected chi connectivity index (χ2v) is 7.21. The molecule has 2 atom stereocenters. The highest BCUT2D eigenvalue weighted by atomic mass is 19.4. The first-order chi connectivity index (χ1) is 13.5. The molecule has 0 aromatic carbocycles. The Hall–Kier alpha value is -2.84. The number of aliphatic imine (C=N–C) groups is 1. The Bertz CT molecular complexity index is 957. The van der Waals surface area contributed by atoms with Gasteiger partial charge in [0, 0.05) is 25.2 Å². The number of aryl methyl sites for hydroxylation is 1. The summed E-state index contributed by atoms with van der Waals surface area (Å²) in [5, 5.41) is 0. The first-order valence-corrected chi connectivity index (χ1v) is 8.89. The van der Waals surface area contributed by atoms with Gasteiger partial charge in [-0.2, -0.15) is 13.2 Å². The van der Waals surface area contributed by atoms with Crippen molar-refractivity contribution in [3.63, 3.8) is 0 Å². The van der Waals surface area contributed by atoms with Crippen LogP contribution in [0.3, 0.4) is 0 Å². The number of rotatable bonds is 4. The highest BCUT2D eigenvalue weighted by Gasteiger charge is 2.50. The number of alkyl halides is 3. The van der Waals surface area contributed by atoms with E-state index in [9.17, 15) is 22.4 Å². The van der Waals surface area contributed by atoms with Gasteiger partial charge in [-0.25, -0.2) is 9.38 Å². The molecule has 0 radical (unpaired) electrons. The Kier molecular flexibility index (Phi) is 5.42. The number of aromatic nitrogens is 2. The van der Waals surface area contributed by atoms with Crippen molar-refractivity contribution < 1.29 is 27.1 Å². The van der Waals surface area contributed by atoms with Gasteiger partial charge in [0.1, 0.15) is 22.7 Å². The molecule has 0 aliphatic carbocycles. The van der Waals surface area contributed by atoms with Gasteiger partial charge in [0.05, 0.1) is 6.42 Å². The molecule has 0 fully saturated rings. The van der Waals surface area contributed by atoms with Gasteiger partial charge < -0.3 is 4.74 Å². The quantitative estimate of drug-likeness (QED) is 0.557. The maximum Gasteiger partial charge on any atom is 0.425 e. The van der Waals surface area contributed by atoms with Crippen LogP contribution in [0.15, 0.2) is 35.5 Å². The Morgan fingerprint density at radius 2 is 1.97 bits per heavy atom. The summed E-state index contributed by atoms with van der Waals surface area (Å²) in [4.78, 5) is 24.7. The van der Waals surface area contributed by atoms with Gasteiger partial charge in [0.2, 0.25) is 0 Å². The maximum atomic E-state index is 14.5. The predicted octanol–water partition coefficient (Wildman–Crippen LogP) is 4.33. The molecule has 0 saturated carbocycles. The fourth-order valence-electron chi connectivity index (χ4n) is 3.21. The molecule has 29 heavy (non-hydrogen) atoms. The van der Waals surface area contributed by atoms with Crippen LogP contribution in [0.25, 0.3) is 0 Å². The number of ether oxygens (including phenoxy) is 1. The van der Waals surface area contributed by atoms with Crippen LogP contribution in [-0.4, -0.2) is 33.9 Å². The lowest BCUT2D eigenvalue weighted by Gasteiger charge is -2.35. The summed E-state index contributed by atoms with van der Waals surface area (Å²) < 4.78 is 58.9. The number of carbonyl (C=O) groups is 1. The van der Waals surface area contributed by atoms with Gasteiger partial charge in [0.15, 0.2) is 17.8 Å². The molecule has 0 unspecified atom stereocenters. The van der Waals surface area contributed by atoms with Crippen molar-refractivity contribution in [3.8, 4) is 0 Å². The van der Waals surface area contributed by atoms with Crippen molar-refractivity contribution >= 4 is 11.7 Å². The van der Waals surface area contributed by atoms with E-state index in [-0.39, 0.29) is 35.2 Å². The summed E-state index contributed by atoms with van der Waals surface area (Å²) in [6.07, 6.45) is -5.97. The minimum atomic E-state index is -4.63. The zero-order valence-electron chi connectivity index (χ0n) is 16.0. The molecule has 1 aliphatic heterocycles. The number of hydrogen-bond acceptors (Lipinski definition) is 5. The molecular weight excluding hydrogens is 390 g/mol. The van der Waals surface area contributed by atoms with Crippen molar-refractivity contribution in [2.24, 2.45) is 4.99 Å². The molecule has 9 heteroatoms. The monoisotopic (exact) mass is 409 g/mol. The van der Waals surface area contributed by atoms with Crippen molar-refractivity contribution in [2.45, 2.75) is 51.4 Å². The summed E-state index contributed by atoms with van der Waals surface area (Å²) >= 11 is 0. The van der Waals surface area contributed by atoms with Crippen molar-refractivity contribution in [1.82, 2.24) is 9.97 Å². The fraction of sp³-hybridized carbons (Fsp3) is 0.400. The molecule has 0 amide bonds. The molecule has 1 aliphatic rings. The van der Waals surface area contributed by atoms with E-state index in [0.29, 0.717) is 0 Å². The zero-order valence-corrected chi connectivity index (χ0v) is 16.0. The third-order valence-corrected chi connectivity index (χ3v) is 4.62. The van der Waals surface area contributed by atoms with E-state index in [0.717, 1.165) is 11.6 Å². The summed E-state index contributed by atoms with van der Waals surface area (Å²) in [7, 11) is 0. The molecule has 154 valence electrons. The first kappa shape index (κ1) is 20.9. The number of hydrogen-bond donors (Lipinski definition) is 0. The van der Waals surface area contributed by atoms with Crippen molar-refractivity contribution in [1.29, 1.82) is 0 Å². The smallest absolute Gasteiger partial charge is 0.425 e. The van der Waals surface area contributed by atoms with Crippen LogP contribution in [0.4, 0.5) is 17.6 Å². The Morgan fingerprint density at radius 3 is 2.59 bits per heavy atom. The SMILES string of the molecule is CC1=N[C@](C)(c2nc(CC(=O)c3ccc(C)cn3)ccc2F)C[C@@H](C(F)(F)F)O1. The third kappa shape index (κ3) is 4.60. The van der Waals surface area contributed by atoms with Crippen LogP contribution < -0.4 is 0 Å². The lowest BCUT2D eigenvalue weighted by molar-refractivity contribution is -0.208. The molecule has 0 spiro atoms. The second kappa shape index (κ2) is 7.53. The molecule has 2 aromatic heterocycles. The van der Waals surface area contributed by atoms with Gasteiger partial charge in [-0.15, -0.1) is 0 Å². The average Bonchev–Trinajstić information content (AvgIpc) is 2.62. The minimum Gasteiger partial charge on any atom is -0.468 e. The van der Waals surface area contributed by atoms with Crippen LogP contribution in [0.1, 0.15) is 47.7 Å². The Balaban J connectivity index is 1.91. The van der Waals surface area contributed by atoms with E-state index in [1.165, 1.54) is 19.9 Å². The summed E-state index contributed by atoms with van der Waals surface area (Å²) in [5.41, 5.74) is -0.488. The van der Waals surface area contributed by atoms with E-state index in [2.05, 4.69) is 15.0 Å². The molecule has 0 bridgehead atoms. The second-order valence-electron chi connectivity index (χ2n) is 7.21. The number of carbonyl (C=O) groups excluding carboxylic acids is 1. The summed E-state index contributed by atoms with van der Waals surface area (Å²) in [6.45, 7) is 4.49. The van der Waals surface area contributed by atoms with Crippen molar-refractivity contribution in [2.75, 3.05) is 0 Å². The highest BCUT2D eigenvalue weighted by Crippen LogP contribution is 2.40. The van der Waals surface area contributed by atoms with Crippen LogP contribution in [0.5, 0.6) is 0 Å². The molecule has 3 heterocycles. The van der Waals surface area contributed by atoms with E-state index in [1.54, 1.807) is 18.3 Å². The van der Waals surface area contributed by atoms with E-state index >= 15 is 0 Å². The maximum absolute atomic E-state index is 14.5. The Morgan fingerprint density at radius 1 is 1.24 bits per heavy atom. The van der Waals surface area contributed by atoms with Crippen LogP contribution in [0, 0.1) is 12.7 Å². The lowest BCUT2D eigenvalue weighted by Crippen LogP contribution is -2.43. The van der Waals surface area contributed by atoms with Crippen LogP contribution in [0.2, 0.25) is 0 Å². The number of nitrogens with zero attached hydrogens (tertiary/aromatic N) is 3. The Labute approximate surface area is 164 Å². The summed E-state index contributed by atoms with van der Waals surface area (Å²) in [6, 6.07) is 5.72. The largest absolute Gasteiger partial charge is 0.468 e. The first-order valence-electron chi connectivity index (χ1n) is 8.89. The molecule has 0 N–H and O–H groups in total. The summed E-state index contributed by atoms with van der Waals surface area (Å²) in [5.74, 6) is -1.33. The number of pyridine rings is 2. The number of ketones is 1. The van der Waals surface area contributed by atoms with Crippen LogP contribution in [-0.2, 0) is 16.7 Å². The topological polar surface area (TPSA) is 64.4 Å². The lowest BCUT2D eigenvalue weighted by atomic mass is 9.88. The fourth-order valence-corrected chi connectivity index (χ4v) is 3.21. The number of Topliss-reactive ketones (excluding diaryl/α,β-unsaturated/α-hetero) is 1. The van der Waals surface area contributed by atoms with Gasteiger partial charge in [0.25, 0.3) is 0 Å². The molecule has 5 nitrogen and oxygen atoms in total.